The number of hydrogen-bond donors (Lipinski definition) is 1. The Morgan fingerprint density at radius 2 is 2.15 bits per heavy atom. The number of carbonyl (C=O) groups excluding carboxylic acids is 2. The van der Waals surface area contributed by atoms with Crippen LogP contribution in [0.4, 0.5) is 5.69 Å². The number of carbonyl (C=O) groups is 2. The summed E-state index contributed by atoms with van der Waals surface area (Å²) in [6.07, 6.45) is 0.106. The summed E-state index contributed by atoms with van der Waals surface area (Å²) in [4.78, 5) is 27.4. The minimum Gasteiger partial charge on any atom is -0.469 e. The van der Waals surface area contributed by atoms with Crippen LogP contribution in [0.3, 0.4) is 0 Å². The molecule has 1 amide bonds. The quantitative estimate of drug-likeness (QED) is 0.857. The topological polar surface area (TPSA) is 68.3 Å². The molecule has 0 aliphatic heterocycles. The number of benzene rings is 1. The number of anilines is 1. The van der Waals surface area contributed by atoms with Gasteiger partial charge in [0.2, 0.25) is 0 Å². The minimum atomic E-state index is -0.358. The maximum atomic E-state index is 12.0. The van der Waals surface area contributed by atoms with Crippen molar-refractivity contribution in [1.29, 1.82) is 0 Å². The first-order valence-corrected chi connectivity index (χ1v) is 7.34. The average Bonchev–Trinajstić information content (AvgIpc) is 2.87. The van der Waals surface area contributed by atoms with E-state index in [2.05, 4.69) is 31.0 Å². The maximum Gasteiger partial charge on any atom is 0.310 e. The van der Waals surface area contributed by atoms with Gasteiger partial charge in [0.05, 0.1) is 13.5 Å². The van der Waals surface area contributed by atoms with E-state index in [4.69, 9.17) is 0 Å². The number of para-hydroxylation sites is 1. The van der Waals surface area contributed by atoms with Gasteiger partial charge in [-0.05, 0) is 27.6 Å². The third-order valence-corrected chi connectivity index (χ3v) is 4.05. The summed E-state index contributed by atoms with van der Waals surface area (Å²) < 4.78 is 5.25. The van der Waals surface area contributed by atoms with Gasteiger partial charge in [0.15, 0.2) is 5.01 Å². The van der Waals surface area contributed by atoms with Gasteiger partial charge in [-0.15, -0.1) is 11.3 Å². The molecule has 0 aliphatic rings. The van der Waals surface area contributed by atoms with Crippen LogP contribution in [-0.2, 0) is 16.0 Å². The molecule has 1 N–H and O–H groups in total. The SMILES string of the molecule is COC(=O)Cc1ccccc1NC(=O)c1nc(Br)cs1. The van der Waals surface area contributed by atoms with E-state index in [1.54, 1.807) is 29.6 Å². The zero-order valence-corrected chi connectivity index (χ0v) is 13.0. The van der Waals surface area contributed by atoms with Crippen molar-refractivity contribution in [3.8, 4) is 0 Å². The molecule has 1 aromatic carbocycles. The van der Waals surface area contributed by atoms with E-state index < -0.39 is 0 Å². The van der Waals surface area contributed by atoms with Crippen LogP contribution in [-0.4, -0.2) is 24.0 Å². The molecule has 0 saturated heterocycles. The van der Waals surface area contributed by atoms with Crippen molar-refractivity contribution in [2.24, 2.45) is 0 Å². The van der Waals surface area contributed by atoms with Gasteiger partial charge in [-0.3, -0.25) is 9.59 Å². The first-order valence-electron chi connectivity index (χ1n) is 5.67. The van der Waals surface area contributed by atoms with Crippen LogP contribution in [0.15, 0.2) is 34.2 Å². The van der Waals surface area contributed by atoms with Crippen molar-refractivity contribution in [3.63, 3.8) is 0 Å². The number of amides is 1. The number of esters is 1. The predicted molar refractivity (Wildman–Crippen MR) is 79.9 cm³/mol. The maximum absolute atomic E-state index is 12.0. The Morgan fingerprint density at radius 3 is 2.80 bits per heavy atom. The second-order valence-electron chi connectivity index (χ2n) is 3.84. The number of hydrogen-bond acceptors (Lipinski definition) is 5. The fourth-order valence-electron chi connectivity index (χ4n) is 1.56. The number of rotatable bonds is 4. The largest absolute Gasteiger partial charge is 0.469 e. The van der Waals surface area contributed by atoms with E-state index in [9.17, 15) is 9.59 Å². The van der Waals surface area contributed by atoms with Gasteiger partial charge in [-0.2, -0.15) is 0 Å². The third-order valence-electron chi connectivity index (χ3n) is 2.50. The lowest BCUT2D eigenvalue weighted by atomic mass is 10.1. The second-order valence-corrected chi connectivity index (χ2v) is 5.51. The Bertz CT molecular complexity index is 642. The smallest absolute Gasteiger partial charge is 0.310 e. The van der Waals surface area contributed by atoms with Crippen molar-refractivity contribution in [2.45, 2.75) is 6.42 Å². The monoisotopic (exact) mass is 354 g/mol. The lowest BCUT2D eigenvalue weighted by Gasteiger charge is -2.09. The second kappa shape index (κ2) is 6.62. The molecule has 104 valence electrons. The summed E-state index contributed by atoms with van der Waals surface area (Å²) in [6, 6.07) is 7.09. The van der Waals surface area contributed by atoms with Gasteiger partial charge in [-0.1, -0.05) is 18.2 Å². The molecule has 20 heavy (non-hydrogen) atoms. The number of thiazole rings is 1. The molecule has 0 atom stereocenters. The Hall–Kier alpha value is -1.73. The highest BCUT2D eigenvalue weighted by atomic mass is 79.9. The summed E-state index contributed by atoms with van der Waals surface area (Å²) in [5, 5.41) is 4.83. The highest BCUT2D eigenvalue weighted by Crippen LogP contribution is 2.20. The molecule has 5 nitrogen and oxygen atoms in total. The first-order chi connectivity index (χ1) is 9.60. The Balaban J connectivity index is 2.16. The third kappa shape index (κ3) is 3.64. The molecule has 0 saturated carbocycles. The first kappa shape index (κ1) is 14.7. The number of methoxy groups -OCH3 is 1. The highest BCUT2D eigenvalue weighted by Gasteiger charge is 2.14. The molecular formula is C13H11BrN2O3S. The Kier molecular flexibility index (Phi) is 4.86. The standard InChI is InChI=1S/C13H11BrN2O3S/c1-19-11(17)6-8-4-2-3-5-9(8)15-12(18)13-16-10(14)7-20-13/h2-5,7H,6H2,1H3,(H,15,18). The van der Waals surface area contributed by atoms with Crippen molar-refractivity contribution in [1.82, 2.24) is 4.98 Å². The van der Waals surface area contributed by atoms with Crippen molar-refractivity contribution in [2.75, 3.05) is 12.4 Å². The number of nitrogens with zero attached hydrogens (tertiary/aromatic N) is 1. The van der Waals surface area contributed by atoms with E-state index in [1.807, 2.05) is 0 Å². The van der Waals surface area contributed by atoms with Gasteiger partial charge in [0.25, 0.3) is 5.91 Å². The fourth-order valence-corrected chi connectivity index (χ4v) is 2.70. The molecule has 0 aliphatic carbocycles. The summed E-state index contributed by atoms with van der Waals surface area (Å²) in [6.45, 7) is 0. The lowest BCUT2D eigenvalue weighted by Crippen LogP contribution is -2.14. The number of aromatic nitrogens is 1. The average molecular weight is 355 g/mol. The Morgan fingerprint density at radius 1 is 1.40 bits per heavy atom. The Labute approximate surface area is 128 Å². The number of nitrogens with one attached hydrogen (secondary N) is 1. The molecule has 2 aromatic rings. The summed E-state index contributed by atoms with van der Waals surface area (Å²) in [7, 11) is 1.33. The van der Waals surface area contributed by atoms with Crippen molar-refractivity contribution >= 4 is 44.8 Å². The molecular weight excluding hydrogens is 344 g/mol. The van der Waals surface area contributed by atoms with E-state index in [1.165, 1.54) is 18.4 Å². The van der Waals surface area contributed by atoms with Crippen molar-refractivity contribution in [3.05, 3.63) is 44.8 Å². The molecule has 0 bridgehead atoms. The van der Waals surface area contributed by atoms with Crippen LogP contribution < -0.4 is 5.32 Å². The molecule has 0 spiro atoms. The molecule has 7 heteroatoms. The van der Waals surface area contributed by atoms with Crippen LogP contribution >= 0.6 is 27.3 Å². The molecule has 1 heterocycles. The van der Waals surface area contributed by atoms with E-state index in [0.29, 0.717) is 20.9 Å². The van der Waals surface area contributed by atoms with Crippen LogP contribution in [0.1, 0.15) is 15.4 Å². The molecule has 0 unspecified atom stereocenters. The summed E-state index contributed by atoms with van der Waals surface area (Å²) >= 11 is 4.44. The van der Waals surface area contributed by atoms with Crippen LogP contribution in [0.2, 0.25) is 0 Å². The highest BCUT2D eigenvalue weighted by molar-refractivity contribution is 9.10. The van der Waals surface area contributed by atoms with Gasteiger partial charge in [0.1, 0.15) is 4.60 Å². The van der Waals surface area contributed by atoms with Gasteiger partial charge >= 0.3 is 5.97 Å². The van der Waals surface area contributed by atoms with Crippen LogP contribution in [0, 0.1) is 0 Å². The van der Waals surface area contributed by atoms with E-state index >= 15 is 0 Å². The lowest BCUT2D eigenvalue weighted by molar-refractivity contribution is -0.139. The zero-order chi connectivity index (χ0) is 14.5. The van der Waals surface area contributed by atoms with E-state index in [0.717, 1.165) is 0 Å². The van der Waals surface area contributed by atoms with Crippen LogP contribution in [0.25, 0.3) is 0 Å². The normalized spacial score (nSPS) is 10.1. The summed E-state index contributed by atoms with van der Waals surface area (Å²) in [5.74, 6) is -0.665. The number of halogens is 1. The van der Waals surface area contributed by atoms with Gasteiger partial charge in [-0.25, -0.2) is 4.98 Å². The summed E-state index contributed by atoms with van der Waals surface area (Å²) in [5.41, 5.74) is 1.28. The van der Waals surface area contributed by atoms with E-state index in [-0.39, 0.29) is 18.3 Å². The molecule has 1 aromatic heterocycles. The molecule has 2 rings (SSSR count). The van der Waals surface area contributed by atoms with Crippen LogP contribution in [0.5, 0.6) is 0 Å². The molecule has 0 fully saturated rings. The molecule has 0 radical (unpaired) electrons. The fraction of sp³-hybridized carbons (Fsp3) is 0.154. The number of ether oxygens (including phenoxy) is 1. The minimum absolute atomic E-state index is 0.106. The van der Waals surface area contributed by atoms with Gasteiger partial charge < -0.3 is 10.1 Å². The predicted octanol–water partition coefficient (Wildman–Crippen LogP) is 2.87. The van der Waals surface area contributed by atoms with Crippen molar-refractivity contribution < 1.29 is 14.3 Å². The van der Waals surface area contributed by atoms with Gasteiger partial charge in [0, 0.05) is 11.1 Å². The zero-order valence-electron chi connectivity index (χ0n) is 10.6.